The zero-order chi connectivity index (χ0) is 17.9. The Kier molecular flexibility index (Phi) is 5.06. The van der Waals surface area contributed by atoms with E-state index in [1.807, 2.05) is 0 Å². The van der Waals surface area contributed by atoms with E-state index in [1.54, 1.807) is 41.5 Å². The number of pyridine rings is 1. The number of hydrogen-bond donors (Lipinski definition) is 1. The van der Waals surface area contributed by atoms with Crippen LogP contribution in [0, 0.1) is 11.8 Å². The van der Waals surface area contributed by atoms with Crippen LogP contribution in [0.2, 0.25) is 0 Å². The molecule has 2 heterocycles. The minimum absolute atomic E-state index is 0.0208. The third kappa shape index (κ3) is 4.00. The number of hydrogen-bond acceptors (Lipinski definition) is 3. The first kappa shape index (κ1) is 17.4. The van der Waals surface area contributed by atoms with Crippen LogP contribution < -0.4 is 5.32 Å². The van der Waals surface area contributed by atoms with E-state index in [2.05, 4.69) is 15.4 Å². The largest absolute Gasteiger partial charge is 0.392 e. The molecule has 2 aromatic heterocycles. The highest BCUT2D eigenvalue weighted by molar-refractivity contribution is 5.79. The Hall–Kier alpha value is -2.38. The Bertz CT molecular complexity index is 715. The summed E-state index contributed by atoms with van der Waals surface area (Å²) in [5, 5.41) is 6.75. The van der Waals surface area contributed by atoms with Crippen LogP contribution in [0.25, 0.3) is 5.82 Å². The van der Waals surface area contributed by atoms with E-state index >= 15 is 0 Å². The normalized spacial score (nSPS) is 21.1. The molecule has 1 amide bonds. The molecule has 1 fully saturated rings. The summed E-state index contributed by atoms with van der Waals surface area (Å²) in [6.07, 6.45) is 2.04. The van der Waals surface area contributed by atoms with Gasteiger partial charge in [0.1, 0.15) is 0 Å². The van der Waals surface area contributed by atoms with Crippen molar-refractivity contribution in [1.29, 1.82) is 0 Å². The van der Waals surface area contributed by atoms with Gasteiger partial charge in [-0.1, -0.05) is 18.9 Å². The van der Waals surface area contributed by atoms with E-state index in [4.69, 9.17) is 0 Å². The molecule has 8 heteroatoms. The summed E-state index contributed by atoms with van der Waals surface area (Å²) in [7, 11) is 0. The van der Waals surface area contributed by atoms with Crippen LogP contribution in [-0.2, 0) is 11.3 Å². The van der Waals surface area contributed by atoms with Crippen LogP contribution in [0.1, 0.15) is 31.2 Å². The van der Waals surface area contributed by atoms with Gasteiger partial charge in [0.2, 0.25) is 5.91 Å². The molecule has 2 aromatic rings. The van der Waals surface area contributed by atoms with Crippen molar-refractivity contribution in [3.8, 4) is 5.82 Å². The van der Waals surface area contributed by atoms with Crippen molar-refractivity contribution in [3.63, 3.8) is 0 Å². The van der Waals surface area contributed by atoms with Crippen LogP contribution in [0.4, 0.5) is 13.2 Å². The van der Waals surface area contributed by atoms with Crippen molar-refractivity contribution >= 4 is 5.91 Å². The third-order valence-corrected chi connectivity index (χ3v) is 4.57. The number of nitrogens with zero attached hydrogens (tertiary/aromatic N) is 3. The molecule has 0 saturated heterocycles. The van der Waals surface area contributed by atoms with Gasteiger partial charge in [0.25, 0.3) is 0 Å². The second-order valence-electron chi connectivity index (χ2n) is 6.19. The summed E-state index contributed by atoms with van der Waals surface area (Å²) in [6, 6.07) is 5.23. The lowest BCUT2D eigenvalue weighted by Crippen LogP contribution is -2.42. The molecule has 0 aliphatic heterocycles. The van der Waals surface area contributed by atoms with Crippen LogP contribution in [-0.4, -0.2) is 26.8 Å². The lowest BCUT2D eigenvalue weighted by Gasteiger charge is -2.32. The monoisotopic (exact) mass is 352 g/mol. The molecule has 0 aromatic carbocycles. The maximum Gasteiger partial charge on any atom is 0.392 e. The van der Waals surface area contributed by atoms with Gasteiger partial charge in [-0.15, -0.1) is 0 Å². The minimum atomic E-state index is -4.34. The highest BCUT2D eigenvalue weighted by atomic mass is 19.4. The van der Waals surface area contributed by atoms with E-state index in [1.165, 1.54) is 0 Å². The zero-order valence-electron chi connectivity index (χ0n) is 13.5. The molecule has 0 bridgehead atoms. The van der Waals surface area contributed by atoms with E-state index in [0.29, 0.717) is 24.2 Å². The van der Waals surface area contributed by atoms with Gasteiger partial charge in [0.05, 0.1) is 5.92 Å². The highest BCUT2D eigenvalue weighted by Gasteiger charge is 2.47. The SMILES string of the molecule is O=C(NCc1cccnc1-n1cccn1)C1CCCCC1C(F)(F)F. The van der Waals surface area contributed by atoms with Crippen molar-refractivity contribution in [3.05, 3.63) is 42.4 Å². The molecule has 2 unspecified atom stereocenters. The van der Waals surface area contributed by atoms with Gasteiger partial charge in [-0.3, -0.25) is 4.79 Å². The van der Waals surface area contributed by atoms with E-state index in [9.17, 15) is 18.0 Å². The number of carbonyl (C=O) groups is 1. The summed E-state index contributed by atoms with van der Waals surface area (Å²) < 4.78 is 41.0. The lowest BCUT2D eigenvalue weighted by atomic mass is 9.78. The molecule has 5 nitrogen and oxygen atoms in total. The van der Waals surface area contributed by atoms with Gasteiger partial charge in [-0.2, -0.15) is 18.3 Å². The average molecular weight is 352 g/mol. The second-order valence-corrected chi connectivity index (χ2v) is 6.19. The maximum atomic E-state index is 13.2. The zero-order valence-corrected chi connectivity index (χ0v) is 13.5. The molecular weight excluding hydrogens is 333 g/mol. The van der Waals surface area contributed by atoms with Gasteiger partial charge in [0, 0.05) is 36.6 Å². The fourth-order valence-corrected chi connectivity index (χ4v) is 3.32. The Morgan fingerprint density at radius 3 is 2.76 bits per heavy atom. The number of aromatic nitrogens is 3. The maximum absolute atomic E-state index is 13.2. The molecule has 2 atom stereocenters. The quantitative estimate of drug-likeness (QED) is 0.919. The van der Waals surface area contributed by atoms with E-state index < -0.39 is 23.9 Å². The van der Waals surface area contributed by atoms with Crippen molar-refractivity contribution in [2.24, 2.45) is 11.8 Å². The molecular formula is C17H19F3N4O. The minimum Gasteiger partial charge on any atom is -0.352 e. The predicted octanol–water partition coefficient (Wildman–Crippen LogP) is 3.25. The van der Waals surface area contributed by atoms with Crippen molar-refractivity contribution in [2.45, 2.75) is 38.4 Å². The summed E-state index contributed by atoms with van der Waals surface area (Å²) >= 11 is 0. The number of amides is 1. The molecule has 3 rings (SSSR count). The van der Waals surface area contributed by atoms with Crippen LogP contribution in [0.5, 0.6) is 0 Å². The van der Waals surface area contributed by atoms with Gasteiger partial charge in [-0.25, -0.2) is 9.67 Å². The molecule has 1 aliphatic rings. The van der Waals surface area contributed by atoms with Gasteiger partial charge in [-0.05, 0) is 25.0 Å². The highest BCUT2D eigenvalue weighted by Crippen LogP contribution is 2.41. The average Bonchev–Trinajstić information content (AvgIpc) is 3.13. The molecule has 25 heavy (non-hydrogen) atoms. The topological polar surface area (TPSA) is 59.8 Å². The number of rotatable bonds is 4. The molecule has 0 radical (unpaired) electrons. The van der Waals surface area contributed by atoms with Gasteiger partial charge in [0.15, 0.2) is 5.82 Å². The van der Waals surface area contributed by atoms with Crippen molar-refractivity contribution in [1.82, 2.24) is 20.1 Å². The lowest BCUT2D eigenvalue weighted by molar-refractivity contribution is -0.198. The number of halogens is 3. The summed E-state index contributed by atoms with van der Waals surface area (Å²) in [6.45, 7) is 0.114. The molecule has 1 N–H and O–H groups in total. The Balaban J connectivity index is 1.70. The molecule has 1 aliphatic carbocycles. The van der Waals surface area contributed by atoms with Crippen molar-refractivity contribution < 1.29 is 18.0 Å². The van der Waals surface area contributed by atoms with E-state index in [-0.39, 0.29) is 19.4 Å². The molecule has 0 spiro atoms. The number of nitrogens with one attached hydrogen (secondary N) is 1. The Morgan fingerprint density at radius 1 is 1.24 bits per heavy atom. The fraction of sp³-hybridized carbons (Fsp3) is 0.471. The van der Waals surface area contributed by atoms with Crippen molar-refractivity contribution in [2.75, 3.05) is 0 Å². The Morgan fingerprint density at radius 2 is 2.04 bits per heavy atom. The summed E-state index contributed by atoms with van der Waals surface area (Å²) in [4.78, 5) is 16.6. The molecule has 1 saturated carbocycles. The number of alkyl halides is 3. The second kappa shape index (κ2) is 7.25. The molecule has 134 valence electrons. The smallest absolute Gasteiger partial charge is 0.352 e. The third-order valence-electron chi connectivity index (χ3n) is 4.57. The van der Waals surface area contributed by atoms with E-state index in [0.717, 1.165) is 0 Å². The van der Waals surface area contributed by atoms with Crippen LogP contribution in [0.15, 0.2) is 36.8 Å². The first-order chi connectivity index (χ1) is 12.0. The summed E-state index contributed by atoms with van der Waals surface area (Å²) in [5.41, 5.74) is 0.693. The number of carbonyl (C=O) groups excluding carboxylic acids is 1. The predicted molar refractivity (Wildman–Crippen MR) is 84.7 cm³/mol. The first-order valence-corrected chi connectivity index (χ1v) is 8.25. The first-order valence-electron chi connectivity index (χ1n) is 8.25. The summed E-state index contributed by atoms with van der Waals surface area (Å²) in [5.74, 6) is -2.57. The Labute approximate surface area is 143 Å². The standard InChI is InChI=1S/C17H19F3N4O/c18-17(19,20)14-7-2-1-6-13(14)16(25)22-11-12-5-3-8-21-15(12)24-10-4-9-23-24/h3-5,8-10,13-14H,1-2,6-7,11H2,(H,22,25). The van der Waals surface area contributed by atoms with Crippen LogP contribution in [0.3, 0.4) is 0 Å². The van der Waals surface area contributed by atoms with Gasteiger partial charge >= 0.3 is 6.18 Å². The van der Waals surface area contributed by atoms with Crippen LogP contribution >= 0.6 is 0 Å². The van der Waals surface area contributed by atoms with Gasteiger partial charge < -0.3 is 5.32 Å². The fourth-order valence-electron chi connectivity index (χ4n) is 3.32.